The lowest BCUT2D eigenvalue weighted by atomic mass is 10.2. The Kier molecular flexibility index (Phi) is 4.29. The number of nitrogens with zero attached hydrogens (tertiary/aromatic N) is 3. The van der Waals surface area contributed by atoms with Gasteiger partial charge in [0.25, 0.3) is 0 Å². The third-order valence-corrected chi connectivity index (χ3v) is 4.12. The summed E-state index contributed by atoms with van der Waals surface area (Å²) in [5.74, 6) is 2.42. The Labute approximate surface area is 108 Å². The van der Waals surface area contributed by atoms with Crippen LogP contribution < -0.4 is 15.4 Å². The highest BCUT2D eigenvalue weighted by Gasteiger charge is 2.19. The Balaban J connectivity index is 2.06. The maximum Gasteiger partial charge on any atom is 0.322 e. The van der Waals surface area contributed by atoms with Crippen LogP contribution in [-0.4, -0.2) is 50.9 Å². The first-order valence-electron chi connectivity index (χ1n) is 5.80. The fourth-order valence-electron chi connectivity index (χ4n) is 1.74. The van der Waals surface area contributed by atoms with Gasteiger partial charge in [0.1, 0.15) is 0 Å². The van der Waals surface area contributed by atoms with Crippen LogP contribution in [0.5, 0.6) is 6.01 Å². The molecule has 2 rings (SSSR count). The molecule has 0 aromatic carbocycles. The van der Waals surface area contributed by atoms with Gasteiger partial charge in [-0.15, -0.1) is 0 Å². The van der Waals surface area contributed by atoms with Crippen molar-refractivity contribution in [2.75, 3.05) is 36.3 Å². The molecular weight excluding hydrogens is 254 g/mol. The first kappa shape index (κ1) is 13.0. The van der Waals surface area contributed by atoms with E-state index in [0.29, 0.717) is 11.9 Å². The van der Waals surface area contributed by atoms with Crippen molar-refractivity contribution in [1.82, 2.24) is 15.0 Å². The molecule has 7 nitrogen and oxygen atoms in total. The second-order valence-electron chi connectivity index (χ2n) is 3.99. The number of hydrogen-bond acceptors (Lipinski definition) is 7. The van der Waals surface area contributed by atoms with E-state index in [1.54, 1.807) is 7.05 Å². The van der Waals surface area contributed by atoms with Crippen LogP contribution in [0.15, 0.2) is 0 Å². The number of hydrogen-bond donors (Lipinski definition) is 2. The maximum atomic E-state index is 11.3. The number of ether oxygens (including phenoxy) is 1. The minimum atomic E-state index is -0.661. The van der Waals surface area contributed by atoms with Crippen LogP contribution in [0.25, 0.3) is 0 Å². The Bertz CT molecular complexity index is 410. The van der Waals surface area contributed by atoms with Crippen LogP contribution in [0.3, 0.4) is 0 Å². The van der Waals surface area contributed by atoms with Gasteiger partial charge in [0.15, 0.2) is 0 Å². The quantitative estimate of drug-likeness (QED) is 0.811. The van der Waals surface area contributed by atoms with E-state index in [-0.39, 0.29) is 12.1 Å². The average molecular weight is 271 g/mol. The monoisotopic (exact) mass is 271 g/mol. The van der Waals surface area contributed by atoms with Crippen molar-refractivity contribution in [2.45, 2.75) is 18.9 Å². The third-order valence-electron chi connectivity index (χ3n) is 2.74. The van der Waals surface area contributed by atoms with Crippen LogP contribution in [-0.2, 0) is 10.8 Å². The molecule has 100 valence electrons. The SMILES string of the molecule is CNc1nc(NC2CCS(=O)CC2)nc(OC)n1. The Morgan fingerprint density at radius 1 is 1.22 bits per heavy atom. The van der Waals surface area contributed by atoms with Crippen molar-refractivity contribution >= 4 is 22.7 Å². The molecular formula is C10H17N5O2S. The summed E-state index contributed by atoms with van der Waals surface area (Å²) in [6, 6.07) is 0.538. The van der Waals surface area contributed by atoms with Gasteiger partial charge in [0, 0.05) is 35.4 Å². The van der Waals surface area contributed by atoms with E-state index in [0.717, 1.165) is 24.3 Å². The van der Waals surface area contributed by atoms with Crippen LogP contribution in [0.1, 0.15) is 12.8 Å². The van der Waals surface area contributed by atoms with Crippen molar-refractivity contribution in [3.05, 3.63) is 0 Å². The van der Waals surface area contributed by atoms with E-state index in [4.69, 9.17) is 4.74 Å². The van der Waals surface area contributed by atoms with E-state index in [1.807, 2.05) is 0 Å². The fraction of sp³-hybridized carbons (Fsp3) is 0.700. The van der Waals surface area contributed by atoms with Crippen LogP contribution >= 0.6 is 0 Å². The summed E-state index contributed by atoms with van der Waals surface area (Å²) in [5, 5.41) is 6.09. The van der Waals surface area contributed by atoms with Crippen molar-refractivity contribution in [3.63, 3.8) is 0 Å². The molecule has 8 heteroatoms. The molecule has 1 aromatic rings. The van der Waals surface area contributed by atoms with Crippen LogP contribution in [0.4, 0.5) is 11.9 Å². The molecule has 0 saturated carbocycles. The zero-order valence-corrected chi connectivity index (χ0v) is 11.3. The Morgan fingerprint density at radius 3 is 2.50 bits per heavy atom. The Morgan fingerprint density at radius 2 is 1.89 bits per heavy atom. The summed E-state index contributed by atoms with van der Waals surface area (Å²) in [6.07, 6.45) is 1.74. The predicted molar refractivity (Wildman–Crippen MR) is 70.4 cm³/mol. The molecule has 0 amide bonds. The van der Waals surface area contributed by atoms with Gasteiger partial charge in [-0.25, -0.2) is 0 Å². The zero-order chi connectivity index (χ0) is 13.0. The van der Waals surface area contributed by atoms with Gasteiger partial charge >= 0.3 is 6.01 Å². The number of rotatable bonds is 4. The topological polar surface area (TPSA) is 89.0 Å². The lowest BCUT2D eigenvalue weighted by Gasteiger charge is -2.22. The molecule has 2 N–H and O–H groups in total. The first-order chi connectivity index (χ1) is 8.71. The van der Waals surface area contributed by atoms with Crippen molar-refractivity contribution < 1.29 is 8.95 Å². The molecule has 1 fully saturated rings. The lowest BCUT2D eigenvalue weighted by molar-refractivity contribution is 0.379. The average Bonchev–Trinajstić information content (AvgIpc) is 2.41. The van der Waals surface area contributed by atoms with Gasteiger partial charge in [-0.2, -0.15) is 15.0 Å². The summed E-state index contributed by atoms with van der Waals surface area (Å²) in [7, 11) is 2.59. The van der Waals surface area contributed by atoms with Crippen LogP contribution in [0.2, 0.25) is 0 Å². The molecule has 1 aliphatic rings. The van der Waals surface area contributed by atoms with Crippen LogP contribution in [0, 0.1) is 0 Å². The standard InChI is InChI=1S/C10H17N5O2S/c1-11-8-13-9(15-10(14-8)17-2)12-7-3-5-18(16)6-4-7/h7H,3-6H2,1-2H3,(H2,11,12,13,14,15). The number of methoxy groups -OCH3 is 1. The largest absolute Gasteiger partial charge is 0.467 e. The van der Waals surface area contributed by atoms with E-state index >= 15 is 0 Å². The minimum absolute atomic E-state index is 0.263. The summed E-state index contributed by atoms with van der Waals surface area (Å²) >= 11 is 0. The fourth-order valence-corrected chi connectivity index (χ4v) is 3.04. The number of aromatic nitrogens is 3. The van der Waals surface area contributed by atoms with Gasteiger partial charge in [-0.05, 0) is 12.8 Å². The smallest absolute Gasteiger partial charge is 0.322 e. The highest BCUT2D eigenvalue weighted by Crippen LogP contribution is 2.16. The van der Waals surface area contributed by atoms with Gasteiger partial charge in [0.2, 0.25) is 11.9 Å². The minimum Gasteiger partial charge on any atom is -0.467 e. The number of nitrogens with one attached hydrogen (secondary N) is 2. The zero-order valence-electron chi connectivity index (χ0n) is 10.5. The normalized spacial score (nSPS) is 23.4. The summed E-state index contributed by atoms with van der Waals surface area (Å²) < 4.78 is 16.3. The lowest BCUT2D eigenvalue weighted by Crippen LogP contribution is -2.30. The second kappa shape index (κ2) is 5.94. The third kappa shape index (κ3) is 3.28. The highest BCUT2D eigenvalue weighted by atomic mass is 32.2. The van der Waals surface area contributed by atoms with Crippen molar-refractivity contribution in [3.8, 4) is 6.01 Å². The highest BCUT2D eigenvalue weighted by molar-refractivity contribution is 7.85. The maximum absolute atomic E-state index is 11.3. The Hall–Kier alpha value is -1.44. The van der Waals surface area contributed by atoms with E-state index in [1.165, 1.54) is 7.11 Å². The van der Waals surface area contributed by atoms with E-state index in [2.05, 4.69) is 25.6 Å². The summed E-state index contributed by atoms with van der Waals surface area (Å²) in [6.45, 7) is 0. The van der Waals surface area contributed by atoms with Crippen molar-refractivity contribution in [1.29, 1.82) is 0 Å². The predicted octanol–water partition coefficient (Wildman–Crippen LogP) is 0.245. The molecule has 0 radical (unpaired) electrons. The van der Waals surface area contributed by atoms with E-state index in [9.17, 15) is 4.21 Å². The molecule has 0 atom stereocenters. The first-order valence-corrected chi connectivity index (χ1v) is 7.29. The summed E-state index contributed by atoms with van der Waals surface area (Å²) in [5.41, 5.74) is 0. The molecule has 0 aliphatic carbocycles. The molecule has 0 spiro atoms. The molecule has 18 heavy (non-hydrogen) atoms. The van der Waals surface area contributed by atoms with Gasteiger partial charge in [-0.3, -0.25) is 4.21 Å². The van der Waals surface area contributed by atoms with Gasteiger partial charge in [-0.1, -0.05) is 0 Å². The molecule has 2 heterocycles. The molecule has 1 aromatic heterocycles. The van der Waals surface area contributed by atoms with Gasteiger partial charge < -0.3 is 15.4 Å². The molecule has 1 saturated heterocycles. The second-order valence-corrected chi connectivity index (χ2v) is 5.68. The molecule has 1 aliphatic heterocycles. The number of anilines is 2. The van der Waals surface area contributed by atoms with E-state index < -0.39 is 10.8 Å². The molecule has 0 unspecified atom stereocenters. The van der Waals surface area contributed by atoms with Gasteiger partial charge in [0.05, 0.1) is 7.11 Å². The molecule has 0 bridgehead atoms. The summed E-state index contributed by atoms with van der Waals surface area (Å²) in [4.78, 5) is 12.4. The van der Waals surface area contributed by atoms with Crippen molar-refractivity contribution in [2.24, 2.45) is 0 Å².